The minimum absolute atomic E-state index is 0.0255. The summed E-state index contributed by atoms with van der Waals surface area (Å²) >= 11 is 0. The van der Waals surface area contributed by atoms with Gasteiger partial charge in [-0.2, -0.15) is 0 Å². The quantitative estimate of drug-likeness (QED) is 0.594. The van der Waals surface area contributed by atoms with Crippen molar-refractivity contribution in [3.05, 3.63) is 29.6 Å². The molecule has 1 aromatic carbocycles. The number of amides is 2. The Hall–Kier alpha value is -2.04. The van der Waals surface area contributed by atoms with Gasteiger partial charge in [0, 0.05) is 6.92 Å². The van der Waals surface area contributed by atoms with Crippen molar-refractivity contribution in [1.82, 2.24) is 0 Å². The van der Waals surface area contributed by atoms with Gasteiger partial charge in [0.15, 0.2) is 0 Å². The van der Waals surface area contributed by atoms with Gasteiger partial charge in [0.25, 0.3) is 5.78 Å². The average molecular weight is 207 g/mol. The van der Waals surface area contributed by atoms with E-state index < -0.39 is 23.4 Å². The van der Waals surface area contributed by atoms with E-state index in [0.717, 1.165) is 19.1 Å². The zero-order valence-corrected chi connectivity index (χ0v) is 7.78. The molecule has 0 unspecified atom stereocenters. The molecule has 0 bridgehead atoms. The van der Waals surface area contributed by atoms with Gasteiger partial charge in [0.05, 0.1) is 11.3 Å². The van der Waals surface area contributed by atoms with Gasteiger partial charge in [-0.15, -0.1) is 0 Å². The van der Waals surface area contributed by atoms with E-state index in [2.05, 4.69) is 0 Å². The Balaban J connectivity index is 2.67. The Morgan fingerprint density at radius 1 is 1.33 bits per heavy atom. The first kappa shape index (κ1) is 9.51. The minimum atomic E-state index is -0.928. The van der Waals surface area contributed by atoms with Crippen LogP contribution in [-0.4, -0.2) is 17.6 Å². The van der Waals surface area contributed by atoms with Crippen LogP contribution < -0.4 is 4.90 Å². The lowest BCUT2D eigenvalue weighted by atomic mass is 10.1. The summed E-state index contributed by atoms with van der Waals surface area (Å²) in [6.07, 6.45) is 0. The zero-order chi connectivity index (χ0) is 11.2. The first-order valence-corrected chi connectivity index (χ1v) is 4.21. The van der Waals surface area contributed by atoms with Crippen molar-refractivity contribution in [3.8, 4) is 0 Å². The number of hydrogen-bond donors (Lipinski definition) is 0. The number of fused-ring (bicyclic) bond motifs is 1. The summed E-state index contributed by atoms with van der Waals surface area (Å²) in [5, 5.41) is 0. The highest BCUT2D eigenvalue weighted by atomic mass is 19.1. The molecule has 1 aliphatic heterocycles. The lowest BCUT2D eigenvalue weighted by molar-refractivity contribution is -0.122. The van der Waals surface area contributed by atoms with Crippen LogP contribution in [0, 0.1) is 5.82 Å². The summed E-state index contributed by atoms with van der Waals surface area (Å²) < 4.78 is 12.9. The molecule has 0 saturated heterocycles. The van der Waals surface area contributed by atoms with E-state index in [1.54, 1.807) is 0 Å². The van der Waals surface area contributed by atoms with Crippen molar-refractivity contribution in [2.24, 2.45) is 0 Å². The summed E-state index contributed by atoms with van der Waals surface area (Å²) in [6.45, 7) is 1.14. The van der Waals surface area contributed by atoms with Gasteiger partial charge in [0.2, 0.25) is 5.91 Å². The molecular formula is C10H6FNO3. The van der Waals surface area contributed by atoms with E-state index in [9.17, 15) is 18.8 Å². The monoisotopic (exact) mass is 207 g/mol. The highest BCUT2D eigenvalue weighted by molar-refractivity contribution is 6.56. The third-order valence-electron chi connectivity index (χ3n) is 2.16. The second-order valence-electron chi connectivity index (χ2n) is 3.15. The molecule has 5 heteroatoms. The number of carbonyl (C=O) groups is 3. The Kier molecular flexibility index (Phi) is 1.89. The van der Waals surface area contributed by atoms with E-state index >= 15 is 0 Å². The van der Waals surface area contributed by atoms with Crippen molar-refractivity contribution in [2.45, 2.75) is 6.92 Å². The molecule has 0 aliphatic carbocycles. The topological polar surface area (TPSA) is 54.5 Å². The number of benzene rings is 1. The van der Waals surface area contributed by atoms with E-state index in [0.29, 0.717) is 4.90 Å². The van der Waals surface area contributed by atoms with E-state index in [4.69, 9.17) is 0 Å². The summed E-state index contributed by atoms with van der Waals surface area (Å²) in [6, 6.07) is 3.28. The SMILES string of the molecule is CC(=O)N1C(=O)C(=O)c2ccc(F)cc21. The number of nitrogens with zero attached hydrogens (tertiary/aromatic N) is 1. The third-order valence-corrected chi connectivity index (χ3v) is 2.16. The van der Waals surface area contributed by atoms with Crippen LogP contribution in [0.2, 0.25) is 0 Å². The fraction of sp³-hybridized carbons (Fsp3) is 0.100. The minimum Gasteiger partial charge on any atom is -0.283 e. The van der Waals surface area contributed by atoms with Crippen LogP contribution in [0.1, 0.15) is 17.3 Å². The second-order valence-corrected chi connectivity index (χ2v) is 3.15. The van der Waals surface area contributed by atoms with Gasteiger partial charge in [-0.3, -0.25) is 14.4 Å². The first-order valence-electron chi connectivity index (χ1n) is 4.21. The van der Waals surface area contributed by atoms with Crippen molar-refractivity contribution >= 4 is 23.3 Å². The predicted molar refractivity (Wildman–Crippen MR) is 48.9 cm³/mol. The maximum atomic E-state index is 12.9. The molecule has 0 saturated carbocycles. The van der Waals surface area contributed by atoms with Gasteiger partial charge < -0.3 is 0 Å². The normalized spacial score (nSPS) is 14.4. The third kappa shape index (κ3) is 1.24. The number of anilines is 1. The van der Waals surface area contributed by atoms with Crippen molar-refractivity contribution in [3.63, 3.8) is 0 Å². The molecule has 0 aromatic heterocycles. The van der Waals surface area contributed by atoms with Crippen LogP contribution in [0.3, 0.4) is 0 Å². The molecule has 15 heavy (non-hydrogen) atoms. The fourth-order valence-electron chi connectivity index (χ4n) is 1.52. The largest absolute Gasteiger partial charge is 0.306 e. The van der Waals surface area contributed by atoms with Gasteiger partial charge in [-0.05, 0) is 18.2 Å². The predicted octanol–water partition coefficient (Wildman–Crippen LogP) is 0.902. The molecule has 76 valence electrons. The number of rotatable bonds is 0. The van der Waals surface area contributed by atoms with Crippen LogP contribution in [0.15, 0.2) is 18.2 Å². The zero-order valence-electron chi connectivity index (χ0n) is 7.78. The molecule has 4 nitrogen and oxygen atoms in total. The average Bonchev–Trinajstić information content (AvgIpc) is 2.39. The molecule has 0 fully saturated rings. The second kappa shape index (κ2) is 2.98. The number of ketones is 1. The molecular weight excluding hydrogens is 201 g/mol. The molecule has 0 spiro atoms. The summed E-state index contributed by atoms with van der Waals surface area (Å²) in [7, 11) is 0. The summed E-state index contributed by atoms with van der Waals surface area (Å²) in [4.78, 5) is 34.5. The van der Waals surface area contributed by atoms with E-state index in [-0.39, 0.29) is 11.3 Å². The lowest BCUT2D eigenvalue weighted by Crippen LogP contribution is -2.33. The maximum absolute atomic E-state index is 12.9. The van der Waals surface area contributed by atoms with Crippen LogP contribution in [0.25, 0.3) is 0 Å². The molecule has 0 N–H and O–H groups in total. The molecule has 2 rings (SSSR count). The summed E-state index contributed by atoms with van der Waals surface area (Å²) in [5.74, 6) is -2.90. The van der Waals surface area contributed by atoms with Crippen LogP contribution in [-0.2, 0) is 9.59 Å². The number of Topliss-reactive ketones (excluding diaryl/α,β-unsaturated/α-hetero) is 1. The number of hydrogen-bond acceptors (Lipinski definition) is 3. The van der Waals surface area contributed by atoms with E-state index in [1.165, 1.54) is 6.07 Å². The standard InChI is InChI=1S/C10H6FNO3/c1-5(13)12-8-4-6(11)2-3-7(8)9(14)10(12)15/h2-4H,1H3. The highest BCUT2D eigenvalue weighted by Crippen LogP contribution is 2.29. The van der Waals surface area contributed by atoms with Crippen LogP contribution in [0.4, 0.5) is 10.1 Å². The molecule has 0 radical (unpaired) electrons. The van der Waals surface area contributed by atoms with E-state index in [1.807, 2.05) is 0 Å². The van der Waals surface area contributed by atoms with Crippen LogP contribution >= 0.6 is 0 Å². The molecule has 1 heterocycles. The number of carbonyl (C=O) groups excluding carboxylic acids is 3. The Labute approximate surface area is 84.3 Å². The summed E-state index contributed by atoms with van der Waals surface area (Å²) in [5.41, 5.74) is 0.0918. The van der Waals surface area contributed by atoms with Gasteiger partial charge in [-0.1, -0.05) is 0 Å². The van der Waals surface area contributed by atoms with Gasteiger partial charge >= 0.3 is 5.91 Å². The molecule has 1 aromatic rings. The smallest absolute Gasteiger partial charge is 0.283 e. The van der Waals surface area contributed by atoms with Crippen molar-refractivity contribution < 1.29 is 18.8 Å². The van der Waals surface area contributed by atoms with Gasteiger partial charge in [-0.25, -0.2) is 9.29 Å². The van der Waals surface area contributed by atoms with Crippen molar-refractivity contribution in [2.75, 3.05) is 4.90 Å². The Morgan fingerprint density at radius 2 is 2.00 bits per heavy atom. The van der Waals surface area contributed by atoms with Crippen LogP contribution in [0.5, 0.6) is 0 Å². The number of imide groups is 1. The molecule has 2 amide bonds. The first-order chi connectivity index (χ1) is 7.02. The van der Waals surface area contributed by atoms with Gasteiger partial charge in [0.1, 0.15) is 5.82 Å². The Morgan fingerprint density at radius 3 is 2.60 bits per heavy atom. The Bertz CT molecular complexity index is 495. The number of halogens is 1. The molecule has 0 atom stereocenters. The molecule has 1 aliphatic rings. The maximum Gasteiger partial charge on any atom is 0.306 e. The van der Waals surface area contributed by atoms with Crippen molar-refractivity contribution in [1.29, 1.82) is 0 Å². The fourth-order valence-corrected chi connectivity index (χ4v) is 1.52. The lowest BCUT2D eigenvalue weighted by Gasteiger charge is -2.10. The highest BCUT2D eigenvalue weighted by Gasteiger charge is 2.38.